The molecule has 5 heteroatoms. The molecule has 4 nitrogen and oxygen atoms in total. The minimum atomic E-state index is -0.287. The van der Waals surface area contributed by atoms with E-state index in [2.05, 4.69) is 22.4 Å². The van der Waals surface area contributed by atoms with Crippen LogP contribution in [0.25, 0.3) is 0 Å². The van der Waals surface area contributed by atoms with Crippen molar-refractivity contribution in [1.29, 1.82) is 0 Å². The van der Waals surface area contributed by atoms with Gasteiger partial charge in [-0.1, -0.05) is 6.07 Å². The molecular formula is C13H20N2O2S. The summed E-state index contributed by atoms with van der Waals surface area (Å²) in [6.45, 7) is 4.16. The first-order valence-corrected chi connectivity index (χ1v) is 7.46. The molecule has 1 aromatic heterocycles. The molecular weight excluding hydrogens is 248 g/mol. The molecule has 1 atom stereocenters. The molecule has 2 aliphatic heterocycles. The Hall–Kier alpha value is -0.460. The third-order valence-electron chi connectivity index (χ3n) is 3.91. The summed E-state index contributed by atoms with van der Waals surface area (Å²) in [5.41, 5.74) is 5.94. The molecule has 2 fully saturated rings. The Balaban J connectivity index is 1.64. The Morgan fingerprint density at radius 3 is 2.61 bits per heavy atom. The van der Waals surface area contributed by atoms with Gasteiger partial charge in [-0.3, -0.25) is 4.90 Å². The summed E-state index contributed by atoms with van der Waals surface area (Å²) in [5.74, 6) is -0.287. The number of ether oxygens (including phenoxy) is 2. The molecule has 1 aromatic rings. The van der Waals surface area contributed by atoms with Crippen molar-refractivity contribution in [3.05, 3.63) is 22.4 Å². The number of nitrogens with zero attached hydrogens (tertiary/aromatic N) is 1. The molecule has 2 N–H and O–H groups in total. The zero-order valence-electron chi connectivity index (χ0n) is 10.5. The lowest BCUT2D eigenvalue weighted by atomic mass is 10.0. The van der Waals surface area contributed by atoms with Gasteiger partial charge in [-0.05, 0) is 11.4 Å². The van der Waals surface area contributed by atoms with Crippen LogP contribution in [-0.4, -0.2) is 43.5 Å². The third-order valence-corrected chi connectivity index (χ3v) is 4.88. The van der Waals surface area contributed by atoms with Crippen LogP contribution in [0.1, 0.15) is 23.8 Å². The Bertz CT molecular complexity index is 366. The van der Waals surface area contributed by atoms with E-state index in [1.54, 1.807) is 11.3 Å². The molecule has 0 aromatic carbocycles. The van der Waals surface area contributed by atoms with Crippen LogP contribution in [0.4, 0.5) is 0 Å². The highest BCUT2D eigenvalue weighted by Crippen LogP contribution is 2.35. The van der Waals surface area contributed by atoms with Crippen LogP contribution >= 0.6 is 11.3 Å². The first kappa shape index (κ1) is 12.6. The molecule has 0 aliphatic carbocycles. The number of piperidine rings is 1. The lowest BCUT2D eigenvalue weighted by Gasteiger charge is -2.40. The first-order valence-electron chi connectivity index (χ1n) is 6.58. The zero-order valence-corrected chi connectivity index (χ0v) is 11.3. The monoisotopic (exact) mass is 268 g/mol. The Kier molecular flexibility index (Phi) is 3.68. The summed E-state index contributed by atoms with van der Waals surface area (Å²) >= 11 is 1.79. The second-order valence-electron chi connectivity index (χ2n) is 4.91. The van der Waals surface area contributed by atoms with Crippen molar-refractivity contribution >= 4 is 11.3 Å². The van der Waals surface area contributed by atoms with Crippen molar-refractivity contribution in [3.8, 4) is 0 Å². The second-order valence-corrected chi connectivity index (χ2v) is 5.89. The smallest absolute Gasteiger partial charge is 0.170 e. The standard InChI is InChI=1S/C13H20N2O2S/c14-10-11(12-2-1-9-18-12)15-5-3-13(4-6-15)16-7-8-17-13/h1-2,9,11H,3-8,10,14H2. The number of hydrogen-bond donors (Lipinski definition) is 1. The van der Waals surface area contributed by atoms with Crippen molar-refractivity contribution in [2.45, 2.75) is 24.7 Å². The highest BCUT2D eigenvalue weighted by atomic mass is 32.1. The van der Waals surface area contributed by atoms with Crippen LogP contribution in [0.5, 0.6) is 0 Å². The fraction of sp³-hybridized carbons (Fsp3) is 0.692. The SMILES string of the molecule is NCC(c1cccs1)N1CCC2(CC1)OCCO2. The van der Waals surface area contributed by atoms with Crippen LogP contribution in [0.15, 0.2) is 17.5 Å². The largest absolute Gasteiger partial charge is 0.347 e. The topological polar surface area (TPSA) is 47.7 Å². The van der Waals surface area contributed by atoms with Gasteiger partial charge in [0.1, 0.15) is 0 Å². The van der Waals surface area contributed by atoms with Crippen molar-refractivity contribution in [2.75, 3.05) is 32.8 Å². The predicted molar refractivity (Wildman–Crippen MR) is 71.6 cm³/mol. The lowest BCUT2D eigenvalue weighted by Crippen LogP contribution is -2.47. The maximum atomic E-state index is 5.94. The number of rotatable bonds is 3. The van der Waals surface area contributed by atoms with Gasteiger partial charge >= 0.3 is 0 Å². The summed E-state index contributed by atoms with van der Waals surface area (Å²) in [4.78, 5) is 3.82. The van der Waals surface area contributed by atoms with E-state index in [1.165, 1.54) is 4.88 Å². The summed E-state index contributed by atoms with van der Waals surface area (Å²) < 4.78 is 11.5. The molecule has 2 saturated heterocycles. The minimum Gasteiger partial charge on any atom is -0.347 e. The maximum absolute atomic E-state index is 5.94. The van der Waals surface area contributed by atoms with Crippen LogP contribution in [0.3, 0.4) is 0 Å². The van der Waals surface area contributed by atoms with E-state index >= 15 is 0 Å². The Morgan fingerprint density at radius 1 is 1.33 bits per heavy atom. The first-order chi connectivity index (χ1) is 8.83. The van der Waals surface area contributed by atoms with Crippen LogP contribution in [-0.2, 0) is 9.47 Å². The second kappa shape index (κ2) is 5.27. The van der Waals surface area contributed by atoms with Crippen molar-refractivity contribution in [3.63, 3.8) is 0 Å². The van der Waals surface area contributed by atoms with E-state index in [4.69, 9.17) is 15.2 Å². The molecule has 3 rings (SSSR count). The van der Waals surface area contributed by atoms with E-state index in [-0.39, 0.29) is 5.79 Å². The fourth-order valence-corrected chi connectivity index (χ4v) is 3.76. The maximum Gasteiger partial charge on any atom is 0.170 e. The third kappa shape index (κ3) is 2.33. The van der Waals surface area contributed by atoms with E-state index < -0.39 is 0 Å². The fourth-order valence-electron chi connectivity index (χ4n) is 2.89. The Labute approximate surface area is 112 Å². The van der Waals surface area contributed by atoms with E-state index in [0.29, 0.717) is 12.6 Å². The number of thiophene rings is 1. The molecule has 2 aliphatic rings. The van der Waals surface area contributed by atoms with E-state index in [9.17, 15) is 0 Å². The van der Waals surface area contributed by atoms with Gasteiger partial charge in [-0.15, -0.1) is 11.3 Å². The van der Waals surface area contributed by atoms with Gasteiger partial charge in [-0.25, -0.2) is 0 Å². The summed E-state index contributed by atoms with van der Waals surface area (Å²) in [7, 11) is 0. The Morgan fingerprint density at radius 2 is 2.06 bits per heavy atom. The van der Waals surface area contributed by atoms with Gasteiger partial charge in [0.05, 0.1) is 19.3 Å². The van der Waals surface area contributed by atoms with Crippen LogP contribution in [0, 0.1) is 0 Å². The van der Waals surface area contributed by atoms with Gasteiger partial charge in [0, 0.05) is 37.4 Å². The lowest BCUT2D eigenvalue weighted by molar-refractivity contribution is -0.187. The summed E-state index contributed by atoms with van der Waals surface area (Å²) in [5, 5.41) is 2.12. The van der Waals surface area contributed by atoms with E-state index in [1.807, 2.05) is 0 Å². The summed E-state index contributed by atoms with van der Waals surface area (Å²) in [6.07, 6.45) is 1.91. The van der Waals surface area contributed by atoms with Crippen molar-refractivity contribution in [2.24, 2.45) is 5.73 Å². The average molecular weight is 268 g/mol. The van der Waals surface area contributed by atoms with Crippen LogP contribution < -0.4 is 5.73 Å². The van der Waals surface area contributed by atoms with Crippen molar-refractivity contribution < 1.29 is 9.47 Å². The minimum absolute atomic E-state index is 0.287. The average Bonchev–Trinajstić information content (AvgIpc) is 3.05. The molecule has 100 valence electrons. The predicted octanol–water partition coefficient (Wildman–Crippen LogP) is 1.59. The molecule has 0 radical (unpaired) electrons. The normalized spacial score (nSPS) is 25.6. The number of hydrogen-bond acceptors (Lipinski definition) is 5. The highest BCUT2D eigenvalue weighted by Gasteiger charge is 2.41. The molecule has 0 amide bonds. The molecule has 1 spiro atoms. The molecule has 3 heterocycles. The molecule has 0 saturated carbocycles. The van der Waals surface area contributed by atoms with Crippen molar-refractivity contribution in [1.82, 2.24) is 4.90 Å². The van der Waals surface area contributed by atoms with E-state index in [0.717, 1.165) is 39.1 Å². The van der Waals surface area contributed by atoms with Crippen LogP contribution in [0.2, 0.25) is 0 Å². The highest BCUT2D eigenvalue weighted by molar-refractivity contribution is 7.10. The molecule has 1 unspecified atom stereocenters. The molecule has 18 heavy (non-hydrogen) atoms. The van der Waals surface area contributed by atoms with Gasteiger partial charge in [0.15, 0.2) is 5.79 Å². The number of likely N-dealkylation sites (tertiary alicyclic amines) is 1. The van der Waals surface area contributed by atoms with Gasteiger partial charge in [0.25, 0.3) is 0 Å². The molecule has 0 bridgehead atoms. The zero-order chi connectivity index (χ0) is 12.4. The van der Waals surface area contributed by atoms with Gasteiger partial charge in [0.2, 0.25) is 0 Å². The number of nitrogens with two attached hydrogens (primary N) is 1. The van der Waals surface area contributed by atoms with Gasteiger partial charge in [-0.2, -0.15) is 0 Å². The summed E-state index contributed by atoms with van der Waals surface area (Å²) in [6, 6.07) is 4.62. The van der Waals surface area contributed by atoms with Gasteiger partial charge < -0.3 is 15.2 Å². The quantitative estimate of drug-likeness (QED) is 0.904.